The average molecular weight is 307 g/mol. The van der Waals surface area contributed by atoms with Gasteiger partial charge in [0.25, 0.3) is 5.69 Å². The molecule has 0 spiro atoms. The molecule has 1 saturated heterocycles. The van der Waals surface area contributed by atoms with E-state index in [4.69, 9.17) is 4.74 Å². The number of carbonyl (C=O) groups excluding carboxylic acids is 2. The standard InChI is InChI=1S/C14H17N3O5/c1-2-22-14(19)16-7-5-15(6-8-16)12-3-4-13(17(20)21)11(9-12)10-18/h3-4,9-10H,2,5-8H2,1H3. The van der Waals surface area contributed by atoms with Crippen LogP contribution in [0.25, 0.3) is 0 Å². The molecule has 0 N–H and O–H groups in total. The van der Waals surface area contributed by atoms with Gasteiger partial charge in [0.05, 0.1) is 17.1 Å². The third kappa shape index (κ3) is 3.33. The third-order valence-electron chi connectivity index (χ3n) is 3.51. The molecule has 0 radical (unpaired) electrons. The molecule has 0 atom stereocenters. The van der Waals surface area contributed by atoms with Crippen LogP contribution < -0.4 is 4.90 Å². The normalized spacial score (nSPS) is 14.6. The molecule has 1 amide bonds. The van der Waals surface area contributed by atoms with Crippen LogP contribution in [0.1, 0.15) is 17.3 Å². The van der Waals surface area contributed by atoms with Gasteiger partial charge in [-0.05, 0) is 19.1 Å². The van der Waals surface area contributed by atoms with Crippen LogP contribution in [-0.2, 0) is 4.74 Å². The maximum absolute atomic E-state index is 11.6. The van der Waals surface area contributed by atoms with E-state index in [-0.39, 0.29) is 17.3 Å². The van der Waals surface area contributed by atoms with Gasteiger partial charge < -0.3 is 14.5 Å². The zero-order chi connectivity index (χ0) is 16.1. The summed E-state index contributed by atoms with van der Waals surface area (Å²) >= 11 is 0. The topological polar surface area (TPSA) is 93.0 Å². The predicted molar refractivity (Wildman–Crippen MR) is 79.3 cm³/mol. The summed E-state index contributed by atoms with van der Waals surface area (Å²) in [5.41, 5.74) is 0.579. The first-order chi connectivity index (χ1) is 10.6. The summed E-state index contributed by atoms with van der Waals surface area (Å²) in [5, 5.41) is 10.8. The molecular formula is C14H17N3O5. The highest BCUT2D eigenvalue weighted by molar-refractivity contribution is 5.83. The van der Waals surface area contributed by atoms with Gasteiger partial charge in [-0.3, -0.25) is 14.9 Å². The highest BCUT2D eigenvalue weighted by Crippen LogP contribution is 2.24. The summed E-state index contributed by atoms with van der Waals surface area (Å²) in [6.45, 7) is 4.26. The van der Waals surface area contributed by atoms with Crippen molar-refractivity contribution in [2.24, 2.45) is 0 Å². The van der Waals surface area contributed by atoms with E-state index in [0.29, 0.717) is 39.1 Å². The molecule has 1 aliphatic heterocycles. The summed E-state index contributed by atoms with van der Waals surface area (Å²) < 4.78 is 4.95. The molecule has 8 nitrogen and oxygen atoms in total. The number of benzene rings is 1. The molecule has 8 heteroatoms. The zero-order valence-electron chi connectivity index (χ0n) is 12.2. The van der Waals surface area contributed by atoms with Crippen LogP contribution in [0, 0.1) is 10.1 Å². The SMILES string of the molecule is CCOC(=O)N1CCN(c2ccc([N+](=O)[O-])c(C=O)c2)CC1. The Bertz CT molecular complexity index is 582. The van der Waals surface area contributed by atoms with Gasteiger partial charge in [-0.1, -0.05) is 0 Å². The fraction of sp³-hybridized carbons (Fsp3) is 0.429. The number of ether oxygens (including phenoxy) is 1. The maximum Gasteiger partial charge on any atom is 0.409 e. The Kier molecular flexibility index (Phi) is 4.92. The first-order valence-corrected chi connectivity index (χ1v) is 6.97. The van der Waals surface area contributed by atoms with E-state index in [1.807, 2.05) is 4.90 Å². The third-order valence-corrected chi connectivity index (χ3v) is 3.51. The van der Waals surface area contributed by atoms with E-state index in [2.05, 4.69) is 0 Å². The minimum atomic E-state index is -0.577. The molecule has 118 valence electrons. The molecule has 2 rings (SSSR count). The fourth-order valence-corrected chi connectivity index (χ4v) is 2.36. The smallest absolute Gasteiger partial charge is 0.409 e. The van der Waals surface area contributed by atoms with Gasteiger partial charge in [0.15, 0.2) is 6.29 Å². The summed E-state index contributed by atoms with van der Waals surface area (Å²) in [7, 11) is 0. The van der Waals surface area contributed by atoms with Crippen LogP contribution in [0.5, 0.6) is 0 Å². The monoisotopic (exact) mass is 307 g/mol. The van der Waals surface area contributed by atoms with E-state index in [9.17, 15) is 19.7 Å². The quantitative estimate of drug-likeness (QED) is 0.477. The first-order valence-electron chi connectivity index (χ1n) is 6.97. The van der Waals surface area contributed by atoms with Crippen LogP contribution in [0.15, 0.2) is 18.2 Å². The van der Waals surface area contributed by atoms with E-state index in [0.717, 1.165) is 5.69 Å². The van der Waals surface area contributed by atoms with Crippen LogP contribution >= 0.6 is 0 Å². The number of rotatable bonds is 4. The lowest BCUT2D eigenvalue weighted by Gasteiger charge is -2.35. The molecule has 1 aliphatic rings. The maximum atomic E-state index is 11.6. The van der Waals surface area contributed by atoms with Gasteiger partial charge in [-0.25, -0.2) is 4.79 Å². The lowest BCUT2D eigenvalue weighted by atomic mass is 10.1. The number of carbonyl (C=O) groups is 2. The molecular weight excluding hydrogens is 290 g/mol. The minimum absolute atomic E-state index is 0.0512. The summed E-state index contributed by atoms with van der Waals surface area (Å²) in [6.07, 6.45) is 0.149. The molecule has 0 aliphatic carbocycles. The second-order valence-corrected chi connectivity index (χ2v) is 4.79. The number of nitro groups is 1. The van der Waals surface area contributed by atoms with E-state index in [1.54, 1.807) is 17.9 Å². The van der Waals surface area contributed by atoms with E-state index >= 15 is 0 Å². The molecule has 0 saturated carbocycles. The summed E-state index contributed by atoms with van der Waals surface area (Å²) in [5.74, 6) is 0. The molecule has 22 heavy (non-hydrogen) atoms. The van der Waals surface area contributed by atoms with E-state index in [1.165, 1.54) is 12.1 Å². The Morgan fingerprint density at radius 3 is 2.59 bits per heavy atom. The Morgan fingerprint density at radius 2 is 2.05 bits per heavy atom. The lowest BCUT2D eigenvalue weighted by molar-refractivity contribution is -0.385. The van der Waals surface area contributed by atoms with E-state index < -0.39 is 4.92 Å². The number of aldehydes is 1. The zero-order valence-corrected chi connectivity index (χ0v) is 12.2. The van der Waals surface area contributed by atoms with Crippen molar-refractivity contribution in [3.8, 4) is 0 Å². The minimum Gasteiger partial charge on any atom is -0.450 e. The number of anilines is 1. The Hall–Kier alpha value is -2.64. The molecule has 0 unspecified atom stereocenters. The van der Waals surface area contributed by atoms with Crippen molar-refractivity contribution in [2.45, 2.75) is 6.92 Å². The van der Waals surface area contributed by atoms with Gasteiger partial charge in [-0.15, -0.1) is 0 Å². The number of hydrogen-bond donors (Lipinski definition) is 0. The van der Waals surface area contributed by atoms with Crippen molar-refractivity contribution in [3.63, 3.8) is 0 Å². The fourth-order valence-electron chi connectivity index (χ4n) is 2.36. The Balaban J connectivity index is 2.07. The molecule has 0 bridgehead atoms. The molecule has 1 aromatic carbocycles. The largest absolute Gasteiger partial charge is 0.450 e. The Morgan fingerprint density at radius 1 is 1.36 bits per heavy atom. The van der Waals surface area contributed by atoms with Gasteiger partial charge in [0, 0.05) is 37.9 Å². The number of piperazine rings is 1. The second-order valence-electron chi connectivity index (χ2n) is 4.79. The molecule has 1 fully saturated rings. The van der Waals surface area contributed by atoms with Crippen molar-refractivity contribution < 1.29 is 19.2 Å². The van der Waals surface area contributed by atoms with Crippen molar-refractivity contribution >= 4 is 23.8 Å². The van der Waals surface area contributed by atoms with Crippen LogP contribution in [-0.4, -0.2) is 55.0 Å². The van der Waals surface area contributed by atoms with Crippen molar-refractivity contribution in [1.29, 1.82) is 0 Å². The molecule has 1 aromatic rings. The molecule has 0 aromatic heterocycles. The van der Waals surface area contributed by atoms with Crippen LogP contribution in [0.2, 0.25) is 0 Å². The summed E-state index contributed by atoms with van der Waals surface area (Å²) in [4.78, 5) is 36.5. The van der Waals surface area contributed by atoms with Gasteiger partial charge >= 0.3 is 6.09 Å². The van der Waals surface area contributed by atoms with Crippen LogP contribution in [0.4, 0.5) is 16.2 Å². The highest BCUT2D eigenvalue weighted by atomic mass is 16.6. The van der Waals surface area contributed by atoms with Crippen LogP contribution in [0.3, 0.4) is 0 Å². The van der Waals surface area contributed by atoms with Crippen molar-refractivity contribution in [2.75, 3.05) is 37.7 Å². The predicted octanol–water partition coefficient (Wildman–Crippen LogP) is 1.69. The lowest BCUT2D eigenvalue weighted by Crippen LogP contribution is -2.49. The first kappa shape index (κ1) is 15.7. The average Bonchev–Trinajstić information content (AvgIpc) is 2.54. The van der Waals surface area contributed by atoms with Gasteiger partial charge in [0.2, 0.25) is 0 Å². The highest BCUT2D eigenvalue weighted by Gasteiger charge is 2.23. The molecule has 1 heterocycles. The van der Waals surface area contributed by atoms with Gasteiger partial charge in [0.1, 0.15) is 0 Å². The number of nitrogens with zero attached hydrogens (tertiary/aromatic N) is 3. The van der Waals surface area contributed by atoms with Crippen molar-refractivity contribution in [1.82, 2.24) is 4.90 Å². The van der Waals surface area contributed by atoms with Crippen molar-refractivity contribution in [3.05, 3.63) is 33.9 Å². The van der Waals surface area contributed by atoms with Gasteiger partial charge in [-0.2, -0.15) is 0 Å². The number of nitro benzene ring substituents is 1. The Labute approximate surface area is 127 Å². The second kappa shape index (κ2) is 6.88. The number of hydrogen-bond acceptors (Lipinski definition) is 6. The summed E-state index contributed by atoms with van der Waals surface area (Å²) in [6, 6.07) is 4.45. The number of amides is 1.